The first-order valence-electron chi connectivity index (χ1n) is 10.6. The fraction of sp³-hybridized carbons (Fsp3) is 0.375. The molecule has 2 heterocycles. The Bertz CT molecular complexity index is 989. The summed E-state index contributed by atoms with van der Waals surface area (Å²) in [5, 5.41) is 4.08. The first-order chi connectivity index (χ1) is 15.2. The van der Waals surface area contributed by atoms with Crippen LogP contribution >= 0.6 is 0 Å². The van der Waals surface area contributed by atoms with Crippen LogP contribution in [-0.4, -0.2) is 47.8 Å². The number of carbonyl (C=O) groups excluding carboxylic acids is 1. The van der Waals surface area contributed by atoms with E-state index in [0.717, 1.165) is 23.3 Å². The van der Waals surface area contributed by atoms with Crippen LogP contribution < -0.4 is 4.74 Å². The van der Waals surface area contributed by atoms with Crippen LogP contribution in [0.3, 0.4) is 0 Å². The number of methoxy groups -OCH3 is 1. The normalized spacial score (nSPS) is 15.9. The maximum Gasteiger partial charge on any atom is 0.231 e. The van der Waals surface area contributed by atoms with Gasteiger partial charge in [-0.2, -0.15) is 4.98 Å². The van der Waals surface area contributed by atoms with Gasteiger partial charge in [0.25, 0.3) is 0 Å². The molecule has 1 aromatic heterocycles. The summed E-state index contributed by atoms with van der Waals surface area (Å²) in [6.07, 6.45) is 1.79. The molecule has 1 atom stereocenters. The Morgan fingerprint density at radius 1 is 1.16 bits per heavy atom. The van der Waals surface area contributed by atoms with Gasteiger partial charge in [0.1, 0.15) is 5.75 Å². The van der Waals surface area contributed by atoms with E-state index in [1.54, 1.807) is 7.11 Å². The Balaban J connectivity index is 1.23. The van der Waals surface area contributed by atoms with E-state index in [1.807, 2.05) is 59.5 Å². The summed E-state index contributed by atoms with van der Waals surface area (Å²) in [7, 11) is 1.63. The highest BCUT2D eigenvalue weighted by molar-refractivity contribution is 5.79. The van der Waals surface area contributed by atoms with Crippen LogP contribution in [0.25, 0.3) is 0 Å². The Hall–Kier alpha value is -3.19. The summed E-state index contributed by atoms with van der Waals surface area (Å²) in [6.45, 7) is 2.41. The average Bonchev–Trinajstić information content (AvgIpc) is 3.47. The number of ether oxygens (including phenoxy) is 2. The van der Waals surface area contributed by atoms with E-state index in [1.165, 1.54) is 0 Å². The molecule has 0 radical (unpaired) electrons. The molecular formula is C24H27N3O4. The molecule has 7 nitrogen and oxygen atoms in total. The van der Waals surface area contributed by atoms with E-state index in [-0.39, 0.29) is 11.8 Å². The Kier molecular flexibility index (Phi) is 6.94. The number of benzene rings is 2. The van der Waals surface area contributed by atoms with Gasteiger partial charge in [-0.15, -0.1) is 0 Å². The second kappa shape index (κ2) is 10.2. The summed E-state index contributed by atoms with van der Waals surface area (Å²) in [5.41, 5.74) is 2.09. The van der Waals surface area contributed by atoms with Crippen molar-refractivity contribution in [2.45, 2.75) is 31.8 Å². The highest BCUT2D eigenvalue weighted by Gasteiger charge is 2.31. The fourth-order valence-corrected chi connectivity index (χ4v) is 3.72. The molecule has 1 unspecified atom stereocenters. The fourth-order valence-electron chi connectivity index (χ4n) is 3.72. The largest absolute Gasteiger partial charge is 0.497 e. The van der Waals surface area contributed by atoms with Gasteiger partial charge in [-0.1, -0.05) is 47.6 Å². The summed E-state index contributed by atoms with van der Waals surface area (Å²) in [5.74, 6) is 2.19. The molecule has 2 aromatic carbocycles. The number of aromatic nitrogens is 2. The third kappa shape index (κ3) is 5.70. The molecule has 4 rings (SSSR count). The van der Waals surface area contributed by atoms with Gasteiger partial charge in [-0.3, -0.25) is 4.79 Å². The van der Waals surface area contributed by atoms with Gasteiger partial charge in [0.2, 0.25) is 11.8 Å². The second-order valence-corrected chi connectivity index (χ2v) is 7.69. The first-order valence-corrected chi connectivity index (χ1v) is 10.6. The van der Waals surface area contributed by atoms with Gasteiger partial charge in [0.05, 0.1) is 32.7 Å². The molecule has 1 aliphatic heterocycles. The minimum atomic E-state index is 0.0840. The smallest absolute Gasteiger partial charge is 0.231 e. The molecule has 1 fully saturated rings. The van der Waals surface area contributed by atoms with Crippen LogP contribution in [0.1, 0.15) is 35.2 Å². The summed E-state index contributed by atoms with van der Waals surface area (Å²) in [6, 6.07) is 17.7. The lowest BCUT2D eigenvalue weighted by Crippen LogP contribution is -2.29. The molecule has 1 amide bonds. The van der Waals surface area contributed by atoms with Crippen molar-refractivity contribution in [2.24, 2.45) is 0 Å². The molecular weight excluding hydrogens is 394 g/mol. The molecule has 31 heavy (non-hydrogen) atoms. The van der Waals surface area contributed by atoms with Crippen LogP contribution in [0.2, 0.25) is 0 Å². The zero-order valence-corrected chi connectivity index (χ0v) is 17.7. The Morgan fingerprint density at radius 3 is 2.84 bits per heavy atom. The number of hydrogen-bond donors (Lipinski definition) is 0. The summed E-state index contributed by atoms with van der Waals surface area (Å²) in [4.78, 5) is 19.1. The van der Waals surface area contributed by atoms with Gasteiger partial charge in [0, 0.05) is 19.5 Å². The molecule has 1 saturated heterocycles. The van der Waals surface area contributed by atoms with Gasteiger partial charge in [0.15, 0.2) is 5.82 Å². The number of hydrogen-bond acceptors (Lipinski definition) is 6. The molecule has 0 spiro atoms. The van der Waals surface area contributed by atoms with Crippen LogP contribution in [0, 0.1) is 0 Å². The standard InChI is InChI=1S/C24H27N3O4/c1-29-21-9-5-8-19(14-21)15-23(28)27-12-10-20(16-27)24-25-22(26-31-24)11-13-30-17-18-6-3-2-4-7-18/h2-9,14,20H,10-13,15-17H2,1H3. The molecule has 0 aliphatic carbocycles. The van der Waals surface area contributed by atoms with Gasteiger partial charge in [-0.25, -0.2) is 0 Å². The maximum atomic E-state index is 12.7. The van der Waals surface area contributed by atoms with Crippen molar-refractivity contribution >= 4 is 5.91 Å². The molecule has 0 bridgehead atoms. The molecule has 3 aromatic rings. The van der Waals surface area contributed by atoms with Crippen LogP contribution in [0.4, 0.5) is 0 Å². The maximum absolute atomic E-state index is 12.7. The summed E-state index contributed by atoms with van der Waals surface area (Å²) >= 11 is 0. The molecule has 7 heteroatoms. The Labute approximate surface area is 182 Å². The zero-order chi connectivity index (χ0) is 21.5. The van der Waals surface area contributed by atoms with E-state index in [4.69, 9.17) is 14.0 Å². The molecule has 0 saturated carbocycles. The van der Waals surface area contributed by atoms with Crippen molar-refractivity contribution in [3.8, 4) is 5.75 Å². The van der Waals surface area contributed by atoms with Crippen molar-refractivity contribution in [3.05, 3.63) is 77.4 Å². The minimum Gasteiger partial charge on any atom is -0.497 e. The topological polar surface area (TPSA) is 77.7 Å². The van der Waals surface area contributed by atoms with Gasteiger partial charge in [-0.05, 0) is 29.7 Å². The molecule has 162 valence electrons. The quantitative estimate of drug-likeness (QED) is 0.493. The number of rotatable bonds is 9. The van der Waals surface area contributed by atoms with E-state index < -0.39 is 0 Å². The number of likely N-dealkylation sites (tertiary alicyclic amines) is 1. The van der Waals surface area contributed by atoms with E-state index in [0.29, 0.717) is 50.9 Å². The van der Waals surface area contributed by atoms with Crippen molar-refractivity contribution in [1.29, 1.82) is 0 Å². The lowest BCUT2D eigenvalue weighted by Gasteiger charge is -2.16. The average molecular weight is 421 g/mol. The minimum absolute atomic E-state index is 0.0840. The summed E-state index contributed by atoms with van der Waals surface area (Å²) < 4.78 is 16.4. The first kappa shape index (κ1) is 21.1. The van der Waals surface area contributed by atoms with Crippen molar-refractivity contribution in [3.63, 3.8) is 0 Å². The SMILES string of the molecule is COc1cccc(CC(=O)N2CCC(c3nc(CCOCc4ccccc4)no3)C2)c1. The predicted octanol–water partition coefficient (Wildman–Crippen LogP) is 3.40. The monoisotopic (exact) mass is 421 g/mol. The lowest BCUT2D eigenvalue weighted by atomic mass is 10.1. The van der Waals surface area contributed by atoms with Crippen LogP contribution in [0.15, 0.2) is 59.1 Å². The third-order valence-corrected chi connectivity index (χ3v) is 5.45. The Morgan fingerprint density at radius 2 is 2.00 bits per heavy atom. The van der Waals surface area contributed by atoms with Crippen molar-refractivity contribution in [1.82, 2.24) is 15.0 Å². The van der Waals surface area contributed by atoms with Gasteiger partial charge < -0.3 is 18.9 Å². The highest BCUT2D eigenvalue weighted by Crippen LogP contribution is 2.26. The zero-order valence-electron chi connectivity index (χ0n) is 17.7. The number of carbonyl (C=O) groups is 1. The lowest BCUT2D eigenvalue weighted by molar-refractivity contribution is -0.129. The van der Waals surface area contributed by atoms with E-state index in [9.17, 15) is 4.79 Å². The van der Waals surface area contributed by atoms with E-state index >= 15 is 0 Å². The second-order valence-electron chi connectivity index (χ2n) is 7.69. The van der Waals surface area contributed by atoms with Crippen LogP contribution in [0.5, 0.6) is 5.75 Å². The third-order valence-electron chi connectivity index (χ3n) is 5.45. The highest BCUT2D eigenvalue weighted by atomic mass is 16.5. The van der Waals surface area contributed by atoms with Crippen LogP contribution in [-0.2, 0) is 29.0 Å². The van der Waals surface area contributed by atoms with Gasteiger partial charge >= 0.3 is 0 Å². The van der Waals surface area contributed by atoms with Crippen molar-refractivity contribution in [2.75, 3.05) is 26.8 Å². The van der Waals surface area contributed by atoms with E-state index in [2.05, 4.69) is 10.1 Å². The van der Waals surface area contributed by atoms with Crippen molar-refractivity contribution < 1.29 is 18.8 Å². The number of nitrogens with zero attached hydrogens (tertiary/aromatic N) is 3. The molecule has 1 aliphatic rings. The predicted molar refractivity (Wildman–Crippen MR) is 115 cm³/mol. The molecule has 0 N–H and O–H groups in total. The number of amides is 1.